The van der Waals surface area contributed by atoms with Crippen LogP contribution >= 0.6 is 0 Å². The molecule has 4 heteroatoms. The minimum absolute atomic E-state index is 0.686. The van der Waals surface area contributed by atoms with Crippen LogP contribution in [0.5, 0.6) is 0 Å². The van der Waals surface area contributed by atoms with Gasteiger partial charge in [0, 0.05) is 25.8 Å². The first-order valence-corrected chi connectivity index (χ1v) is 10.3. The maximum absolute atomic E-state index is 4.51. The summed E-state index contributed by atoms with van der Waals surface area (Å²) in [4.78, 5) is 12.2. The molecule has 4 rings (SSSR count). The number of anilines is 1. The molecule has 0 unspecified atom stereocenters. The van der Waals surface area contributed by atoms with E-state index in [0.717, 1.165) is 11.7 Å². The summed E-state index contributed by atoms with van der Waals surface area (Å²) in [6.45, 7) is 8.97. The van der Waals surface area contributed by atoms with Crippen LogP contribution in [0, 0.1) is 11.3 Å². The second-order valence-corrected chi connectivity index (χ2v) is 8.72. The van der Waals surface area contributed by atoms with E-state index < -0.39 is 0 Å². The van der Waals surface area contributed by atoms with Crippen molar-refractivity contribution in [2.45, 2.75) is 38.5 Å². The van der Waals surface area contributed by atoms with Gasteiger partial charge in [0.15, 0.2) is 0 Å². The molecule has 0 radical (unpaired) electrons. The zero-order valence-electron chi connectivity index (χ0n) is 15.9. The Labute approximate surface area is 153 Å². The zero-order valence-corrected chi connectivity index (χ0v) is 15.9. The molecule has 0 amide bonds. The summed E-state index contributed by atoms with van der Waals surface area (Å²) < 4.78 is 0. The highest BCUT2D eigenvalue weighted by atomic mass is 15.2. The highest BCUT2D eigenvalue weighted by Crippen LogP contribution is 2.41. The van der Waals surface area contributed by atoms with Crippen LogP contribution in [-0.2, 0) is 0 Å². The van der Waals surface area contributed by atoms with Crippen LogP contribution in [0.4, 0.5) is 5.82 Å². The summed E-state index contributed by atoms with van der Waals surface area (Å²) in [5.41, 5.74) is 0.686. The Hall–Kier alpha value is -1.13. The first-order valence-electron chi connectivity index (χ1n) is 10.3. The molecular formula is C21H34N4. The number of pyridine rings is 1. The van der Waals surface area contributed by atoms with E-state index >= 15 is 0 Å². The van der Waals surface area contributed by atoms with Crippen LogP contribution < -0.4 is 4.90 Å². The number of nitrogens with zero attached hydrogens (tertiary/aromatic N) is 4. The lowest BCUT2D eigenvalue weighted by atomic mass is 9.71. The SMILES string of the molecule is CN1CCC2(CC1)CCN(CC1CCN(c3ccccn3)CC1)CC2. The van der Waals surface area contributed by atoms with Crippen molar-refractivity contribution in [1.29, 1.82) is 0 Å². The molecule has 3 saturated heterocycles. The second kappa shape index (κ2) is 7.63. The van der Waals surface area contributed by atoms with Crippen LogP contribution in [0.2, 0.25) is 0 Å². The van der Waals surface area contributed by atoms with Crippen molar-refractivity contribution in [3.63, 3.8) is 0 Å². The van der Waals surface area contributed by atoms with Gasteiger partial charge in [-0.05, 0) is 95.2 Å². The van der Waals surface area contributed by atoms with Crippen LogP contribution in [0.25, 0.3) is 0 Å². The van der Waals surface area contributed by atoms with Gasteiger partial charge in [0.05, 0.1) is 0 Å². The largest absolute Gasteiger partial charge is 0.357 e. The van der Waals surface area contributed by atoms with Crippen molar-refractivity contribution >= 4 is 5.82 Å². The molecule has 0 aromatic carbocycles. The number of rotatable bonds is 3. The minimum Gasteiger partial charge on any atom is -0.357 e. The molecule has 1 aromatic rings. The molecule has 0 atom stereocenters. The molecule has 0 N–H and O–H groups in total. The first kappa shape index (κ1) is 17.3. The van der Waals surface area contributed by atoms with Gasteiger partial charge in [0.25, 0.3) is 0 Å². The van der Waals surface area contributed by atoms with Crippen molar-refractivity contribution in [2.75, 3.05) is 57.8 Å². The van der Waals surface area contributed by atoms with E-state index in [1.54, 1.807) is 0 Å². The maximum Gasteiger partial charge on any atom is 0.128 e. The van der Waals surface area contributed by atoms with E-state index in [2.05, 4.69) is 38.9 Å². The predicted octanol–water partition coefficient (Wildman–Crippen LogP) is 3.11. The molecule has 1 spiro atoms. The Balaban J connectivity index is 1.21. The van der Waals surface area contributed by atoms with E-state index in [4.69, 9.17) is 0 Å². The Morgan fingerprint density at radius 1 is 0.960 bits per heavy atom. The molecule has 4 heterocycles. The third-order valence-corrected chi connectivity index (χ3v) is 7.07. The summed E-state index contributed by atoms with van der Waals surface area (Å²) in [6, 6.07) is 6.25. The van der Waals surface area contributed by atoms with Gasteiger partial charge in [-0.3, -0.25) is 0 Å². The summed E-state index contributed by atoms with van der Waals surface area (Å²) >= 11 is 0. The average molecular weight is 343 g/mol. The van der Waals surface area contributed by atoms with E-state index in [1.807, 2.05) is 12.3 Å². The molecule has 3 fully saturated rings. The van der Waals surface area contributed by atoms with Gasteiger partial charge in [-0.1, -0.05) is 6.07 Å². The Morgan fingerprint density at radius 3 is 2.28 bits per heavy atom. The van der Waals surface area contributed by atoms with E-state index in [1.165, 1.54) is 84.3 Å². The summed E-state index contributed by atoms with van der Waals surface area (Å²) in [5.74, 6) is 2.04. The number of piperidine rings is 3. The number of likely N-dealkylation sites (tertiary alicyclic amines) is 2. The maximum atomic E-state index is 4.51. The van der Waals surface area contributed by atoms with Gasteiger partial charge in [0.2, 0.25) is 0 Å². The normalized spacial score (nSPS) is 26.2. The molecule has 138 valence electrons. The van der Waals surface area contributed by atoms with Crippen LogP contribution in [0.15, 0.2) is 24.4 Å². The van der Waals surface area contributed by atoms with Crippen molar-refractivity contribution in [3.8, 4) is 0 Å². The lowest BCUT2D eigenvalue weighted by molar-refractivity contribution is 0.0358. The van der Waals surface area contributed by atoms with E-state index in [9.17, 15) is 0 Å². The standard InChI is InChI=1S/C21H34N4/c1-23-14-7-21(8-15-23)9-16-24(17-10-21)18-19-5-12-25(13-6-19)20-4-2-3-11-22-20/h2-4,11,19H,5-10,12-18H2,1H3. The number of hydrogen-bond acceptors (Lipinski definition) is 4. The molecular weight excluding hydrogens is 308 g/mol. The molecule has 25 heavy (non-hydrogen) atoms. The van der Waals surface area contributed by atoms with Crippen LogP contribution in [-0.4, -0.2) is 67.6 Å². The summed E-state index contributed by atoms with van der Waals surface area (Å²) in [6.07, 6.45) is 10.3. The monoisotopic (exact) mass is 342 g/mol. The van der Waals surface area contributed by atoms with Gasteiger partial charge >= 0.3 is 0 Å². The Morgan fingerprint density at radius 2 is 1.64 bits per heavy atom. The van der Waals surface area contributed by atoms with Crippen molar-refractivity contribution < 1.29 is 0 Å². The molecule has 3 aliphatic rings. The number of hydrogen-bond donors (Lipinski definition) is 0. The molecule has 0 saturated carbocycles. The third-order valence-electron chi connectivity index (χ3n) is 7.07. The molecule has 4 nitrogen and oxygen atoms in total. The minimum atomic E-state index is 0.686. The zero-order chi connectivity index (χ0) is 17.1. The first-order chi connectivity index (χ1) is 12.2. The third kappa shape index (κ3) is 4.17. The topological polar surface area (TPSA) is 22.6 Å². The second-order valence-electron chi connectivity index (χ2n) is 8.72. The quantitative estimate of drug-likeness (QED) is 0.842. The van der Waals surface area contributed by atoms with Crippen LogP contribution in [0.1, 0.15) is 38.5 Å². The highest BCUT2D eigenvalue weighted by molar-refractivity contribution is 5.37. The van der Waals surface area contributed by atoms with Gasteiger partial charge in [-0.25, -0.2) is 4.98 Å². The van der Waals surface area contributed by atoms with Gasteiger partial charge in [-0.15, -0.1) is 0 Å². The molecule has 3 aliphatic heterocycles. The van der Waals surface area contributed by atoms with Gasteiger partial charge in [0.1, 0.15) is 5.82 Å². The fourth-order valence-electron chi connectivity index (χ4n) is 5.05. The van der Waals surface area contributed by atoms with Gasteiger partial charge in [-0.2, -0.15) is 0 Å². The fourth-order valence-corrected chi connectivity index (χ4v) is 5.05. The predicted molar refractivity (Wildman–Crippen MR) is 104 cm³/mol. The van der Waals surface area contributed by atoms with E-state index in [-0.39, 0.29) is 0 Å². The lowest BCUT2D eigenvalue weighted by Crippen LogP contribution is -2.47. The highest BCUT2D eigenvalue weighted by Gasteiger charge is 2.37. The van der Waals surface area contributed by atoms with Crippen molar-refractivity contribution in [3.05, 3.63) is 24.4 Å². The lowest BCUT2D eigenvalue weighted by Gasteiger charge is -2.47. The molecule has 0 aliphatic carbocycles. The van der Waals surface area contributed by atoms with Crippen molar-refractivity contribution in [2.24, 2.45) is 11.3 Å². The van der Waals surface area contributed by atoms with Crippen molar-refractivity contribution in [1.82, 2.24) is 14.8 Å². The average Bonchev–Trinajstić information content (AvgIpc) is 2.68. The smallest absolute Gasteiger partial charge is 0.128 e. The number of aromatic nitrogens is 1. The van der Waals surface area contributed by atoms with Gasteiger partial charge < -0.3 is 14.7 Å². The summed E-state index contributed by atoms with van der Waals surface area (Å²) in [5, 5.41) is 0. The summed E-state index contributed by atoms with van der Waals surface area (Å²) in [7, 11) is 2.28. The fraction of sp³-hybridized carbons (Fsp3) is 0.762. The molecule has 0 bridgehead atoms. The molecule has 1 aromatic heterocycles. The Kier molecular flexibility index (Phi) is 5.28. The van der Waals surface area contributed by atoms with Crippen LogP contribution in [0.3, 0.4) is 0 Å². The Bertz CT molecular complexity index is 520. The van der Waals surface area contributed by atoms with E-state index in [0.29, 0.717) is 5.41 Å².